The van der Waals surface area contributed by atoms with Crippen molar-refractivity contribution in [1.82, 2.24) is 24.5 Å². The van der Waals surface area contributed by atoms with Crippen LogP contribution in [0.15, 0.2) is 41.6 Å². The third-order valence-corrected chi connectivity index (χ3v) is 6.54. The molecular formula is C23H30N6OS. The molecule has 164 valence electrons. The predicted octanol–water partition coefficient (Wildman–Crippen LogP) is 4.61. The number of rotatable bonds is 5. The van der Waals surface area contributed by atoms with Gasteiger partial charge in [-0.1, -0.05) is 57.2 Å². The van der Waals surface area contributed by atoms with E-state index in [0.717, 1.165) is 48.2 Å². The summed E-state index contributed by atoms with van der Waals surface area (Å²) in [6.07, 6.45) is 4.45. The molecule has 3 aromatic rings. The van der Waals surface area contributed by atoms with Gasteiger partial charge in [0.15, 0.2) is 5.16 Å². The molecule has 1 amide bonds. The first-order valence-electron chi connectivity index (χ1n) is 10.9. The fraction of sp³-hybridized carbons (Fsp3) is 0.478. The molecule has 0 unspecified atom stereocenters. The number of hydrogen-bond acceptors (Lipinski definition) is 5. The van der Waals surface area contributed by atoms with E-state index < -0.39 is 0 Å². The molecular weight excluding hydrogens is 408 g/mol. The standard InChI is InChI=1S/C23H30N6OS/c1-16(31-22-26-25-19-13-9-6-10-14-28(19)22)21(30)24-20-15-18(23(2,3)4)27-29(20)17-11-7-5-8-12-17/h5,7-8,11-12,15-16H,6,9-10,13-14H2,1-4H3,(H,24,30)/t16-/m0/s1. The first kappa shape index (κ1) is 21.6. The highest BCUT2D eigenvalue weighted by atomic mass is 32.2. The Morgan fingerprint density at radius 2 is 1.90 bits per heavy atom. The van der Waals surface area contributed by atoms with Crippen LogP contribution in [0.3, 0.4) is 0 Å². The molecule has 31 heavy (non-hydrogen) atoms. The number of aromatic nitrogens is 5. The number of anilines is 1. The zero-order valence-corrected chi connectivity index (χ0v) is 19.4. The highest BCUT2D eigenvalue weighted by Crippen LogP contribution is 2.29. The van der Waals surface area contributed by atoms with Gasteiger partial charge in [0, 0.05) is 24.4 Å². The topological polar surface area (TPSA) is 77.6 Å². The van der Waals surface area contributed by atoms with E-state index in [4.69, 9.17) is 5.10 Å². The first-order chi connectivity index (χ1) is 14.8. The van der Waals surface area contributed by atoms with Crippen molar-refractivity contribution in [3.63, 3.8) is 0 Å². The van der Waals surface area contributed by atoms with Crippen LogP contribution in [0.25, 0.3) is 5.69 Å². The molecule has 0 fully saturated rings. The number of amides is 1. The highest BCUT2D eigenvalue weighted by molar-refractivity contribution is 8.00. The van der Waals surface area contributed by atoms with Gasteiger partial charge in [-0.3, -0.25) is 4.79 Å². The van der Waals surface area contributed by atoms with Crippen LogP contribution in [0.2, 0.25) is 0 Å². The van der Waals surface area contributed by atoms with Gasteiger partial charge in [0.1, 0.15) is 11.6 Å². The molecule has 8 heteroatoms. The molecule has 4 rings (SSSR count). The van der Waals surface area contributed by atoms with Crippen LogP contribution in [-0.2, 0) is 23.2 Å². The lowest BCUT2D eigenvalue weighted by atomic mass is 9.92. The minimum atomic E-state index is -0.311. The fourth-order valence-electron chi connectivity index (χ4n) is 3.59. The number of fused-ring (bicyclic) bond motifs is 1. The van der Waals surface area contributed by atoms with Gasteiger partial charge in [-0.25, -0.2) is 4.68 Å². The Kier molecular flexibility index (Phi) is 6.18. The molecule has 1 N–H and O–H groups in total. The fourth-order valence-corrected chi connectivity index (χ4v) is 4.48. The van der Waals surface area contributed by atoms with Gasteiger partial charge in [0.05, 0.1) is 16.6 Å². The lowest BCUT2D eigenvalue weighted by Gasteiger charge is -2.14. The van der Waals surface area contributed by atoms with E-state index in [1.54, 1.807) is 4.68 Å². The number of carbonyl (C=O) groups is 1. The second-order valence-electron chi connectivity index (χ2n) is 9.02. The lowest BCUT2D eigenvalue weighted by Crippen LogP contribution is -2.24. The van der Waals surface area contributed by atoms with Crippen molar-refractivity contribution in [2.45, 2.75) is 75.7 Å². The SMILES string of the molecule is C[C@H](Sc1nnc2n1CCCCC2)C(=O)Nc1cc(C(C)(C)C)nn1-c1ccccc1. The molecule has 1 atom stereocenters. The molecule has 0 bridgehead atoms. The molecule has 1 aromatic carbocycles. The van der Waals surface area contributed by atoms with Crippen LogP contribution in [0, 0.1) is 0 Å². The van der Waals surface area contributed by atoms with E-state index in [2.05, 4.69) is 40.9 Å². The lowest BCUT2D eigenvalue weighted by molar-refractivity contribution is -0.115. The number of hydrogen-bond donors (Lipinski definition) is 1. The summed E-state index contributed by atoms with van der Waals surface area (Å²) in [5.41, 5.74) is 1.71. The molecule has 0 saturated heterocycles. The third-order valence-electron chi connectivity index (χ3n) is 5.46. The zero-order chi connectivity index (χ0) is 22.0. The quantitative estimate of drug-likeness (QED) is 0.589. The van der Waals surface area contributed by atoms with Gasteiger partial charge in [-0.05, 0) is 31.9 Å². The maximum Gasteiger partial charge on any atom is 0.238 e. The van der Waals surface area contributed by atoms with Crippen molar-refractivity contribution >= 4 is 23.5 Å². The second-order valence-corrected chi connectivity index (χ2v) is 10.3. The van der Waals surface area contributed by atoms with Crippen molar-refractivity contribution in [2.24, 2.45) is 0 Å². The van der Waals surface area contributed by atoms with Crippen LogP contribution in [0.4, 0.5) is 5.82 Å². The van der Waals surface area contributed by atoms with Crippen molar-refractivity contribution in [3.8, 4) is 5.69 Å². The Balaban J connectivity index is 1.54. The maximum atomic E-state index is 13.1. The van der Waals surface area contributed by atoms with Crippen LogP contribution in [-0.4, -0.2) is 35.7 Å². The summed E-state index contributed by atoms with van der Waals surface area (Å²) in [5, 5.41) is 17.1. The number of thioether (sulfide) groups is 1. The van der Waals surface area contributed by atoms with Gasteiger partial charge in [0.25, 0.3) is 0 Å². The third kappa shape index (κ3) is 4.84. The van der Waals surface area contributed by atoms with E-state index in [1.807, 2.05) is 43.3 Å². The minimum Gasteiger partial charge on any atom is -0.310 e. The average Bonchev–Trinajstić information content (AvgIpc) is 3.25. The molecule has 3 heterocycles. The molecule has 1 aliphatic rings. The Bertz CT molecular complexity index is 1050. The Morgan fingerprint density at radius 3 is 2.65 bits per heavy atom. The molecule has 2 aromatic heterocycles. The smallest absolute Gasteiger partial charge is 0.238 e. The van der Waals surface area contributed by atoms with Crippen molar-refractivity contribution in [1.29, 1.82) is 0 Å². The Labute approximate surface area is 187 Å². The van der Waals surface area contributed by atoms with Gasteiger partial charge in [-0.2, -0.15) is 5.10 Å². The van der Waals surface area contributed by atoms with Gasteiger partial charge < -0.3 is 9.88 Å². The van der Waals surface area contributed by atoms with E-state index in [9.17, 15) is 4.79 Å². The molecule has 0 radical (unpaired) electrons. The van der Waals surface area contributed by atoms with E-state index in [1.165, 1.54) is 18.2 Å². The number of carbonyl (C=O) groups excluding carboxylic acids is 1. The summed E-state index contributed by atoms with van der Waals surface area (Å²) in [6, 6.07) is 11.8. The number of nitrogens with zero attached hydrogens (tertiary/aromatic N) is 5. The number of nitrogens with one attached hydrogen (secondary N) is 1. The average molecular weight is 439 g/mol. The summed E-state index contributed by atoms with van der Waals surface area (Å²) < 4.78 is 3.98. The zero-order valence-electron chi connectivity index (χ0n) is 18.6. The van der Waals surface area contributed by atoms with E-state index >= 15 is 0 Å². The van der Waals surface area contributed by atoms with Crippen LogP contribution >= 0.6 is 11.8 Å². The highest BCUT2D eigenvalue weighted by Gasteiger charge is 2.25. The second kappa shape index (κ2) is 8.86. The number of benzene rings is 1. The molecule has 0 saturated carbocycles. The monoisotopic (exact) mass is 438 g/mol. The minimum absolute atomic E-state index is 0.0755. The van der Waals surface area contributed by atoms with Gasteiger partial charge in [-0.15, -0.1) is 10.2 Å². The molecule has 0 aliphatic carbocycles. The van der Waals surface area contributed by atoms with Crippen LogP contribution in [0.5, 0.6) is 0 Å². The summed E-state index contributed by atoms with van der Waals surface area (Å²) >= 11 is 1.46. The summed E-state index contributed by atoms with van der Waals surface area (Å²) in [6.45, 7) is 9.18. The Morgan fingerprint density at radius 1 is 1.13 bits per heavy atom. The maximum absolute atomic E-state index is 13.1. The molecule has 0 spiro atoms. The summed E-state index contributed by atoms with van der Waals surface area (Å²) in [7, 11) is 0. The first-order valence-corrected chi connectivity index (χ1v) is 11.8. The predicted molar refractivity (Wildman–Crippen MR) is 124 cm³/mol. The van der Waals surface area contributed by atoms with Crippen LogP contribution < -0.4 is 5.32 Å². The number of para-hydroxylation sites is 1. The summed E-state index contributed by atoms with van der Waals surface area (Å²) in [5.74, 6) is 1.63. The normalized spacial score (nSPS) is 15.2. The van der Waals surface area contributed by atoms with Crippen molar-refractivity contribution < 1.29 is 4.79 Å². The van der Waals surface area contributed by atoms with Crippen molar-refractivity contribution in [3.05, 3.63) is 47.9 Å². The largest absolute Gasteiger partial charge is 0.310 e. The Hall–Kier alpha value is -2.61. The number of aryl methyl sites for hydroxylation is 1. The van der Waals surface area contributed by atoms with Crippen LogP contribution in [0.1, 0.15) is 58.5 Å². The van der Waals surface area contributed by atoms with Crippen molar-refractivity contribution in [2.75, 3.05) is 5.32 Å². The van der Waals surface area contributed by atoms with E-state index in [0.29, 0.717) is 5.82 Å². The molecule has 1 aliphatic heterocycles. The summed E-state index contributed by atoms with van der Waals surface area (Å²) in [4.78, 5) is 13.1. The van der Waals surface area contributed by atoms with Gasteiger partial charge in [0.2, 0.25) is 5.91 Å². The van der Waals surface area contributed by atoms with Gasteiger partial charge >= 0.3 is 0 Å². The molecule has 7 nitrogen and oxygen atoms in total. The van der Waals surface area contributed by atoms with E-state index in [-0.39, 0.29) is 16.6 Å².